The number of aromatic nitrogens is 3. The number of rotatable bonds is 6. The molecular formula is C25H23FN4OS. The van der Waals surface area contributed by atoms with Crippen molar-refractivity contribution in [2.24, 2.45) is 0 Å². The molecule has 0 bridgehead atoms. The quantitative estimate of drug-likeness (QED) is 0.384. The van der Waals surface area contributed by atoms with E-state index in [1.165, 1.54) is 23.9 Å². The van der Waals surface area contributed by atoms with Crippen LogP contribution in [0.5, 0.6) is 0 Å². The first-order valence-electron chi connectivity index (χ1n) is 10.2. The molecule has 1 aromatic heterocycles. The fourth-order valence-electron chi connectivity index (χ4n) is 3.64. The zero-order valence-electron chi connectivity index (χ0n) is 18.1. The summed E-state index contributed by atoms with van der Waals surface area (Å²) in [6.07, 6.45) is 0. The molecule has 0 atom stereocenters. The second kappa shape index (κ2) is 9.36. The monoisotopic (exact) mass is 446 g/mol. The number of carbonyl (C=O) groups excluding carboxylic acids is 1. The van der Waals surface area contributed by atoms with Crippen molar-refractivity contribution in [1.82, 2.24) is 14.8 Å². The smallest absolute Gasteiger partial charge is 0.234 e. The van der Waals surface area contributed by atoms with Crippen molar-refractivity contribution in [3.8, 4) is 17.1 Å². The van der Waals surface area contributed by atoms with Gasteiger partial charge >= 0.3 is 0 Å². The van der Waals surface area contributed by atoms with Gasteiger partial charge in [-0.15, -0.1) is 10.2 Å². The number of carbonyl (C=O) groups is 1. The molecule has 1 amide bonds. The van der Waals surface area contributed by atoms with Crippen molar-refractivity contribution < 1.29 is 9.18 Å². The second-order valence-electron chi connectivity index (χ2n) is 7.59. The molecule has 1 N–H and O–H groups in total. The minimum Gasteiger partial charge on any atom is -0.325 e. The molecule has 0 fully saturated rings. The maximum Gasteiger partial charge on any atom is 0.234 e. The van der Waals surface area contributed by atoms with Gasteiger partial charge in [0.05, 0.1) is 5.75 Å². The highest BCUT2D eigenvalue weighted by molar-refractivity contribution is 7.99. The summed E-state index contributed by atoms with van der Waals surface area (Å²) in [4.78, 5) is 12.7. The first-order valence-corrected chi connectivity index (χ1v) is 11.2. The molecule has 0 saturated heterocycles. The molecule has 1 heterocycles. The van der Waals surface area contributed by atoms with E-state index in [1.54, 1.807) is 12.1 Å². The van der Waals surface area contributed by atoms with Crippen LogP contribution in [0.4, 0.5) is 10.1 Å². The number of nitrogens with one attached hydrogen (secondary N) is 1. The summed E-state index contributed by atoms with van der Waals surface area (Å²) in [6, 6.07) is 19.9. The predicted octanol–water partition coefficient (Wildman–Crippen LogP) is 5.73. The zero-order chi connectivity index (χ0) is 22.7. The van der Waals surface area contributed by atoms with Gasteiger partial charge in [0.2, 0.25) is 5.91 Å². The van der Waals surface area contributed by atoms with Crippen molar-refractivity contribution >= 4 is 23.4 Å². The maximum atomic E-state index is 13.5. The highest BCUT2D eigenvalue weighted by Crippen LogP contribution is 2.28. The fourth-order valence-corrected chi connectivity index (χ4v) is 4.40. The Hall–Kier alpha value is -3.45. The number of halogens is 1. The van der Waals surface area contributed by atoms with Crippen LogP contribution in [0, 0.1) is 26.6 Å². The first kappa shape index (κ1) is 21.8. The predicted molar refractivity (Wildman–Crippen MR) is 127 cm³/mol. The highest BCUT2D eigenvalue weighted by atomic mass is 32.2. The van der Waals surface area contributed by atoms with Crippen molar-refractivity contribution in [3.63, 3.8) is 0 Å². The molecule has 3 aromatic carbocycles. The molecule has 0 aliphatic heterocycles. The van der Waals surface area contributed by atoms with Gasteiger partial charge in [-0.05, 0) is 56.2 Å². The minimum absolute atomic E-state index is 0.125. The van der Waals surface area contributed by atoms with Crippen molar-refractivity contribution in [1.29, 1.82) is 0 Å². The molecule has 0 saturated carbocycles. The molecule has 0 aliphatic carbocycles. The Bertz CT molecular complexity index is 1230. The summed E-state index contributed by atoms with van der Waals surface area (Å²) in [7, 11) is 0. The van der Waals surface area contributed by atoms with Gasteiger partial charge in [0.1, 0.15) is 5.82 Å². The summed E-state index contributed by atoms with van der Waals surface area (Å²) < 4.78 is 15.3. The Morgan fingerprint density at radius 2 is 1.62 bits per heavy atom. The van der Waals surface area contributed by atoms with E-state index in [0.717, 1.165) is 33.6 Å². The number of benzene rings is 3. The average molecular weight is 447 g/mol. The zero-order valence-corrected chi connectivity index (χ0v) is 18.9. The van der Waals surface area contributed by atoms with Crippen molar-refractivity contribution in [3.05, 3.63) is 89.2 Å². The number of hydrogen-bond acceptors (Lipinski definition) is 4. The van der Waals surface area contributed by atoms with E-state index in [-0.39, 0.29) is 17.5 Å². The van der Waals surface area contributed by atoms with Gasteiger partial charge in [-0.25, -0.2) is 4.39 Å². The average Bonchev–Trinajstić information content (AvgIpc) is 3.20. The molecule has 4 aromatic rings. The van der Waals surface area contributed by atoms with Gasteiger partial charge in [-0.2, -0.15) is 0 Å². The van der Waals surface area contributed by atoms with Crippen LogP contribution >= 0.6 is 11.8 Å². The molecule has 0 radical (unpaired) electrons. The SMILES string of the molecule is Cc1cc(C)c(NC(=O)CSc2nnc(-c3ccccc3)n2-c2ccc(F)cc2)c(C)c1. The molecule has 0 aliphatic rings. The number of amides is 1. The van der Waals surface area contributed by atoms with Crippen LogP contribution in [0.25, 0.3) is 17.1 Å². The third-order valence-electron chi connectivity index (χ3n) is 5.02. The number of anilines is 1. The van der Waals surface area contributed by atoms with Crippen molar-refractivity contribution in [2.45, 2.75) is 25.9 Å². The molecule has 162 valence electrons. The van der Waals surface area contributed by atoms with E-state index < -0.39 is 0 Å². The second-order valence-corrected chi connectivity index (χ2v) is 8.54. The van der Waals surface area contributed by atoms with Gasteiger partial charge < -0.3 is 5.32 Å². The van der Waals surface area contributed by atoms with E-state index >= 15 is 0 Å². The normalized spacial score (nSPS) is 10.9. The number of thioether (sulfide) groups is 1. The Kier molecular flexibility index (Phi) is 6.37. The fraction of sp³-hybridized carbons (Fsp3) is 0.160. The Morgan fingerprint density at radius 3 is 2.28 bits per heavy atom. The van der Waals surface area contributed by atoms with Crippen molar-refractivity contribution in [2.75, 3.05) is 11.1 Å². The van der Waals surface area contributed by atoms with Gasteiger partial charge in [-0.3, -0.25) is 9.36 Å². The largest absolute Gasteiger partial charge is 0.325 e. The van der Waals surface area contributed by atoms with E-state index in [2.05, 4.69) is 15.5 Å². The Labute approximate surface area is 190 Å². The molecular weight excluding hydrogens is 423 g/mol. The summed E-state index contributed by atoms with van der Waals surface area (Å²) in [5.74, 6) is 0.353. The van der Waals surface area contributed by atoms with E-state index in [9.17, 15) is 9.18 Å². The third kappa shape index (κ3) is 4.73. The molecule has 4 rings (SSSR count). The summed E-state index contributed by atoms with van der Waals surface area (Å²) in [6.45, 7) is 6.01. The first-order chi connectivity index (χ1) is 15.4. The van der Waals surface area contributed by atoms with Gasteiger partial charge in [0, 0.05) is 16.9 Å². The van der Waals surface area contributed by atoms with E-state index in [1.807, 2.05) is 67.8 Å². The van der Waals surface area contributed by atoms with Gasteiger partial charge in [0.25, 0.3) is 0 Å². The van der Waals surface area contributed by atoms with Gasteiger partial charge in [-0.1, -0.05) is 59.8 Å². The highest BCUT2D eigenvalue weighted by Gasteiger charge is 2.18. The molecule has 0 spiro atoms. The van der Waals surface area contributed by atoms with Crippen LogP contribution in [0.1, 0.15) is 16.7 Å². The van der Waals surface area contributed by atoms with Crippen LogP contribution < -0.4 is 5.32 Å². The van der Waals surface area contributed by atoms with Crippen LogP contribution in [0.3, 0.4) is 0 Å². The molecule has 7 heteroatoms. The maximum absolute atomic E-state index is 13.5. The molecule has 5 nitrogen and oxygen atoms in total. The summed E-state index contributed by atoms with van der Waals surface area (Å²) in [5, 5.41) is 12.2. The number of nitrogens with zero attached hydrogens (tertiary/aromatic N) is 3. The lowest BCUT2D eigenvalue weighted by Gasteiger charge is -2.13. The summed E-state index contributed by atoms with van der Waals surface area (Å²) in [5.41, 5.74) is 5.66. The van der Waals surface area contributed by atoms with Crippen LogP contribution in [0.2, 0.25) is 0 Å². The van der Waals surface area contributed by atoms with E-state index in [0.29, 0.717) is 11.0 Å². The number of aryl methyl sites for hydroxylation is 3. The Balaban J connectivity index is 1.59. The topological polar surface area (TPSA) is 59.8 Å². The van der Waals surface area contributed by atoms with Crippen LogP contribution in [0.15, 0.2) is 71.9 Å². The third-order valence-corrected chi connectivity index (χ3v) is 5.95. The lowest BCUT2D eigenvalue weighted by atomic mass is 10.1. The lowest BCUT2D eigenvalue weighted by molar-refractivity contribution is -0.113. The standard InChI is InChI=1S/C25H23FN4OS/c1-16-13-17(2)23(18(3)14-16)27-22(31)15-32-25-29-28-24(19-7-5-4-6-8-19)30(25)21-11-9-20(26)10-12-21/h4-14H,15H2,1-3H3,(H,27,31). The Morgan fingerprint density at radius 1 is 0.969 bits per heavy atom. The summed E-state index contributed by atoms with van der Waals surface area (Å²) >= 11 is 1.29. The van der Waals surface area contributed by atoms with Crippen LogP contribution in [-0.2, 0) is 4.79 Å². The lowest BCUT2D eigenvalue weighted by Crippen LogP contribution is -2.16. The molecule has 32 heavy (non-hydrogen) atoms. The van der Waals surface area contributed by atoms with Crippen LogP contribution in [-0.4, -0.2) is 26.4 Å². The number of hydrogen-bond donors (Lipinski definition) is 1. The van der Waals surface area contributed by atoms with Gasteiger partial charge in [0.15, 0.2) is 11.0 Å². The minimum atomic E-state index is -0.319. The van der Waals surface area contributed by atoms with E-state index in [4.69, 9.17) is 0 Å². The molecule has 0 unspecified atom stereocenters.